The van der Waals surface area contributed by atoms with Crippen molar-refractivity contribution in [2.75, 3.05) is 6.61 Å². The second-order valence-corrected chi connectivity index (χ2v) is 17.7. The fourth-order valence-corrected chi connectivity index (χ4v) is 8.19. The van der Waals surface area contributed by atoms with Gasteiger partial charge in [0, 0.05) is 6.42 Å². The van der Waals surface area contributed by atoms with Gasteiger partial charge in [0.2, 0.25) is 5.91 Å². The first-order valence-electron chi connectivity index (χ1n) is 25.6. The van der Waals surface area contributed by atoms with Gasteiger partial charge in [-0.1, -0.05) is 250 Å². The Hall–Kier alpha value is -1.17. The van der Waals surface area contributed by atoms with Gasteiger partial charge in [0.05, 0.1) is 18.8 Å². The summed E-state index contributed by atoms with van der Waals surface area (Å²) >= 11 is 0. The molecule has 57 heavy (non-hydrogen) atoms. The van der Waals surface area contributed by atoms with E-state index >= 15 is 0 Å². The van der Waals surface area contributed by atoms with Crippen molar-refractivity contribution in [2.24, 2.45) is 0 Å². The first-order valence-corrected chi connectivity index (χ1v) is 25.6. The molecule has 0 radical (unpaired) electrons. The number of aliphatic hydroxyl groups is 3. The summed E-state index contributed by atoms with van der Waals surface area (Å²) in [4.78, 5) is 12.4. The van der Waals surface area contributed by atoms with Crippen LogP contribution < -0.4 is 5.32 Å². The van der Waals surface area contributed by atoms with Crippen molar-refractivity contribution in [3.8, 4) is 0 Å². The van der Waals surface area contributed by atoms with Crippen molar-refractivity contribution in [1.29, 1.82) is 0 Å². The Labute approximate surface area is 356 Å². The Kier molecular flexibility index (Phi) is 46.5. The first-order chi connectivity index (χ1) is 28.1. The zero-order valence-corrected chi connectivity index (χ0v) is 38.5. The van der Waals surface area contributed by atoms with Crippen molar-refractivity contribution in [1.82, 2.24) is 5.32 Å². The van der Waals surface area contributed by atoms with Crippen LogP contribution in [0.3, 0.4) is 0 Å². The Morgan fingerprint density at radius 1 is 0.456 bits per heavy atom. The van der Waals surface area contributed by atoms with Gasteiger partial charge in [0.1, 0.15) is 6.10 Å². The summed E-state index contributed by atoms with van der Waals surface area (Å²) in [6, 6.07) is -0.827. The molecular weight excluding hydrogens is 703 g/mol. The molecule has 0 aliphatic heterocycles. The average molecular weight is 804 g/mol. The average Bonchev–Trinajstić information content (AvgIpc) is 3.22. The fourth-order valence-electron chi connectivity index (χ4n) is 8.19. The minimum absolute atomic E-state index is 0.157. The van der Waals surface area contributed by atoms with Crippen LogP contribution in [0.1, 0.15) is 277 Å². The Morgan fingerprint density at radius 3 is 1.11 bits per heavy atom. The molecule has 0 aromatic carbocycles. The zero-order chi connectivity index (χ0) is 41.5. The van der Waals surface area contributed by atoms with E-state index in [9.17, 15) is 20.1 Å². The molecule has 338 valence electrons. The summed E-state index contributed by atoms with van der Waals surface area (Å²) in [6.45, 7) is 3.94. The number of hydrogen-bond acceptors (Lipinski definition) is 4. The summed E-state index contributed by atoms with van der Waals surface area (Å²) < 4.78 is 0. The lowest BCUT2D eigenvalue weighted by Gasteiger charge is -2.26. The molecule has 0 bridgehead atoms. The van der Waals surface area contributed by atoms with E-state index in [1.165, 1.54) is 205 Å². The number of carbonyl (C=O) groups excluding carboxylic acids is 1. The van der Waals surface area contributed by atoms with Crippen molar-refractivity contribution >= 4 is 5.91 Å². The third-order valence-electron chi connectivity index (χ3n) is 12.1. The van der Waals surface area contributed by atoms with Crippen LogP contribution in [0.15, 0.2) is 24.3 Å². The molecule has 4 N–H and O–H groups in total. The van der Waals surface area contributed by atoms with Gasteiger partial charge in [-0.3, -0.25) is 4.79 Å². The van der Waals surface area contributed by atoms with Gasteiger partial charge in [0.15, 0.2) is 0 Å². The Balaban J connectivity index is 3.38. The highest BCUT2D eigenvalue weighted by molar-refractivity contribution is 5.76. The minimum Gasteiger partial charge on any atom is -0.394 e. The molecule has 0 fully saturated rings. The lowest BCUT2D eigenvalue weighted by Crippen LogP contribution is -2.50. The van der Waals surface area contributed by atoms with E-state index in [4.69, 9.17) is 0 Å². The zero-order valence-electron chi connectivity index (χ0n) is 38.5. The van der Waals surface area contributed by atoms with Gasteiger partial charge in [-0.15, -0.1) is 0 Å². The van der Waals surface area contributed by atoms with Crippen LogP contribution in [0.25, 0.3) is 0 Å². The van der Waals surface area contributed by atoms with E-state index in [1.54, 1.807) is 0 Å². The first kappa shape index (κ1) is 55.8. The molecule has 5 heteroatoms. The van der Waals surface area contributed by atoms with Crippen LogP contribution in [0.4, 0.5) is 0 Å². The molecule has 0 heterocycles. The molecule has 0 spiro atoms. The maximum atomic E-state index is 12.4. The summed E-state index contributed by atoms with van der Waals surface area (Å²) in [5.74, 6) is -0.157. The summed E-state index contributed by atoms with van der Waals surface area (Å²) in [7, 11) is 0. The lowest BCUT2D eigenvalue weighted by molar-refractivity contribution is -0.124. The number of hydrogen-bond donors (Lipinski definition) is 4. The minimum atomic E-state index is -1.16. The second-order valence-electron chi connectivity index (χ2n) is 17.7. The highest BCUT2D eigenvalue weighted by atomic mass is 16.3. The van der Waals surface area contributed by atoms with Gasteiger partial charge in [-0.05, 0) is 45.4 Å². The van der Waals surface area contributed by atoms with Gasteiger partial charge in [-0.25, -0.2) is 0 Å². The Morgan fingerprint density at radius 2 is 0.772 bits per heavy atom. The lowest BCUT2D eigenvalue weighted by atomic mass is 10.0. The molecule has 0 aliphatic carbocycles. The predicted octanol–water partition coefficient (Wildman–Crippen LogP) is 15.3. The van der Waals surface area contributed by atoms with Gasteiger partial charge in [0.25, 0.3) is 0 Å². The number of unbranched alkanes of at least 4 members (excludes halogenated alkanes) is 36. The van der Waals surface area contributed by atoms with E-state index in [2.05, 4.69) is 36.5 Å². The summed E-state index contributed by atoms with van der Waals surface area (Å²) in [5.41, 5.74) is 0. The second kappa shape index (κ2) is 47.5. The molecule has 0 aromatic heterocycles. The number of carbonyl (C=O) groups is 1. The van der Waals surface area contributed by atoms with Crippen molar-refractivity contribution < 1.29 is 20.1 Å². The highest BCUT2D eigenvalue weighted by Gasteiger charge is 2.26. The number of nitrogens with one attached hydrogen (secondary N) is 1. The molecule has 0 aliphatic rings. The van der Waals surface area contributed by atoms with E-state index in [0.717, 1.165) is 44.9 Å². The molecule has 5 nitrogen and oxygen atoms in total. The third kappa shape index (κ3) is 42.8. The van der Waals surface area contributed by atoms with Crippen molar-refractivity contribution in [3.05, 3.63) is 24.3 Å². The normalized spacial score (nSPS) is 13.6. The van der Waals surface area contributed by atoms with E-state index < -0.39 is 18.2 Å². The van der Waals surface area contributed by atoms with Crippen LogP contribution >= 0.6 is 0 Å². The third-order valence-corrected chi connectivity index (χ3v) is 12.1. The van der Waals surface area contributed by atoms with E-state index in [-0.39, 0.29) is 12.5 Å². The largest absolute Gasteiger partial charge is 0.394 e. The van der Waals surface area contributed by atoms with E-state index in [0.29, 0.717) is 12.8 Å². The Bertz CT molecular complexity index is 844. The predicted molar refractivity (Wildman–Crippen MR) is 250 cm³/mol. The van der Waals surface area contributed by atoms with Crippen LogP contribution in [-0.2, 0) is 4.79 Å². The molecule has 0 aromatic rings. The van der Waals surface area contributed by atoms with Crippen LogP contribution in [0.2, 0.25) is 0 Å². The molecule has 1 amide bonds. The van der Waals surface area contributed by atoms with Crippen LogP contribution in [0, 0.1) is 0 Å². The van der Waals surface area contributed by atoms with Crippen molar-refractivity contribution in [3.63, 3.8) is 0 Å². The standard InChI is InChI=1S/C52H101NO4/c1-3-5-7-9-11-13-14-15-16-17-18-19-20-21-22-23-24-25-26-27-28-29-30-31-32-33-34-35-36-37-38-39-41-43-45-47-51(56)53-49(48-54)52(57)50(55)46-44-42-40-12-10-8-6-4-2/h4,6,12,40,49-50,52,54-55,57H,3,5,7-11,13-39,41-48H2,1-2H3,(H,53,56)/b6-4+,40-12+. The highest BCUT2D eigenvalue weighted by Crippen LogP contribution is 2.18. The van der Waals surface area contributed by atoms with Crippen molar-refractivity contribution in [2.45, 2.75) is 295 Å². The molecule has 0 saturated carbocycles. The molecule has 3 unspecified atom stereocenters. The number of rotatable bonds is 47. The fraction of sp³-hybridized carbons (Fsp3) is 0.904. The molecular formula is C52H101NO4. The molecule has 3 atom stereocenters. The maximum Gasteiger partial charge on any atom is 0.220 e. The van der Waals surface area contributed by atoms with Gasteiger partial charge >= 0.3 is 0 Å². The smallest absolute Gasteiger partial charge is 0.220 e. The summed E-state index contributed by atoms with van der Waals surface area (Å²) in [5, 5.41) is 33.3. The monoisotopic (exact) mass is 804 g/mol. The van der Waals surface area contributed by atoms with Crippen LogP contribution in [-0.4, -0.2) is 46.1 Å². The number of aliphatic hydroxyl groups excluding tert-OH is 3. The topological polar surface area (TPSA) is 89.8 Å². The number of allylic oxidation sites excluding steroid dienone is 4. The van der Waals surface area contributed by atoms with Gasteiger partial charge < -0.3 is 20.6 Å². The quantitative estimate of drug-likeness (QED) is 0.0364. The summed E-state index contributed by atoms with van der Waals surface area (Å²) in [6.07, 6.45) is 59.5. The number of amides is 1. The SMILES string of the molecule is C/C=C/CC/C=C/CCCC(O)C(O)C(CO)NC(=O)CCCCCCCCCCCCCCCCCCCCCCCCCCCCCCCCCCCCC. The van der Waals surface area contributed by atoms with Gasteiger partial charge in [-0.2, -0.15) is 0 Å². The molecule has 0 saturated heterocycles. The maximum absolute atomic E-state index is 12.4. The molecule has 0 rings (SSSR count). The van der Waals surface area contributed by atoms with Crippen LogP contribution in [0.5, 0.6) is 0 Å². The van der Waals surface area contributed by atoms with E-state index in [1.807, 2.05) is 6.92 Å².